The second-order valence-corrected chi connectivity index (χ2v) is 7.22. The van der Waals surface area contributed by atoms with Crippen LogP contribution < -0.4 is 0 Å². The van der Waals surface area contributed by atoms with Crippen LogP contribution in [0.4, 0.5) is 4.39 Å². The molecule has 0 aliphatic carbocycles. The minimum absolute atomic E-state index is 0.0367. The van der Waals surface area contributed by atoms with Gasteiger partial charge in [0.05, 0.1) is 11.9 Å². The highest BCUT2D eigenvalue weighted by Crippen LogP contribution is 2.18. The topological polar surface area (TPSA) is 46.6 Å². The van der Waals surface area contributed by atoms with Gasteiger partial charge in [-0.05, 0) is 37.5 Å². The second-order valence-electron chi connectivity index (χ2n) is 4.96. The molecule has 1 saturated heterocycles. The van der Waals surface area contributed by atoms with E-state index < -0.39 is 10.0 Å². The van der Waals surface area contributed by atoms with E-state index in [4.69, 9.17) is 4.74 Å². The summed E-state index contributed by atoms with van der Waals surface area (Å²) in [7, 11) is -3.33. The van der Waals surface area contributed by atoms with Crippen molar-refractivity contribution in [2.24, 2.45) is 0 Å². The first-order chi connectivity index (χ1) is 9.51. The van der Waals surface area contributed by atoms with Gasteiger partial charge >= 0.3 is 0 Å². The zero-order chi connectivity index (χ0) is 14.6. The number of rotatable bonds is 6. The first-order valence-corrected chi connectivity index (χ1v) is 8.46. The number of hydrogen-bond acceptors (Lipinski definition) is 3. The molecule has 0 unspecified atom stereocenters. The molecule has 112 valence electrons. The molecule has 0 bridgehead atoms. The summed E-state index contributed by atoms with van der Waals surface area (Å²) in [6, 6.07) is 6.04. The third-order valence-corrected chi connectivity index (χ3v) is 5.23. The summed E-state index contributed by atoms with van der Waals surface area (Å²) < 4.78 is 44.4. The molecule has 0 amide bonds. The lowest BCUT2D eigenvalue weighted by Crippen LogP contribution is -2.37. The van der Waals surface area contributed by atoms with Crippen molar-refractivity contribution >= 4 is 10.0 Å². The van der Waals surface area contributed by atoms with Gasteiger partial charge in [0.15, 0.2) is 0 Å². The highest BCUT2D eigenvalue weighted by molar-refractivity contribution is 7.89. The van der Waals surface area contributed by atoms with Gasteiger partial charge in [-0.15, -0.1) is 0 Å². The van der Waals surface area contributed by atoms with E-state index in [1.807, 2.05) is 0 Å². The Bertz CT molecular complexity index is 541. The molecule has 0 N–H and O–H groups in total. The van der Waals surface area contributed by atoms with Gasteiger partial charge in [-0.25, -0.2) is 12.8 Å². The number of benzene rings is 1. The zero-order valence-electron chi connectivity index (χ0n) is 11.6. The van der Waals surface area contributed by atoms with Crippen LogP contribution in [-0.4, -0.2) is 37.7 Å². The van der Waals surface area contributed by atoms with Crippen molar-refractivity contribution in [3.05, 3.63) is 35.6 Å². The van der Waals surface area contributed by atoms with Gasteiger partial charge in [0.1, 0.15) is 5.82 Å². The van der Waals surface area contributed by atoms with Gasteiger partial charge in [0.25, 0.3) is 0 Å². The van der Waals surface area contributed by atoms with Crippen LogP contribution in [0.25, 0.3) is 0 Å². The quantitative estimate of drug-likeness (QED) is 0.809. The molecule has 0 saturated carbocycles. The molecule has 0 radical (unpaired) electrons. The predicted octanol–water partition coefficient (Wildman–Crippen LogP) is 2.16. The van der Waals surface area contributed by atoms with Crippen molar-refractivity contribution in [3.63, 3.8) is 0 Å². The Morgan fingerprint density at radius 2 is 2.25 bits per heavy atom. The molecule has 1 fully saturated rings. The van der Waals surface area contributed by atoms with E-state index in [-0.39, 0.29) is 24.2 Å². The van der Waals surface area contributed by atoms with Crippen LogP contribution in [0.3, 0.4) is 0 Å². The maximum absolute atomic E-state index is 13.2. The Balaban J connectivity index is 2.13. The molecule has 1 aromatic carbocycles. The molecule has 0 aromatic heterocycles. The summed E-state index contributed by atoms with van der Waals surface area (Å²) in [6.07, 6.45) is 1.79. The smallest absolute Gasteiger partial charge is 0.214 e. The largest absolute Gasteiger partial charge is 0.377 e. The van der Waals surface area contributed by atoms with Crippen LogP contribution in [0.1, 0.15) is 25.3 Å². The monoisotopic (exact) mass is 301 g/mol. The van der Waals surface area contributed by atoms with Crippen LogP contribution >= 0.6 is 0 Å². The highest BCUT2D eigenvalue weighted by atomic mass is 32.2. The van der Waals surface area contributed by atoms with Crippen molar-refractivity contribution in [2.45, 2.75) is 32.4 Å². The first kappa shape index (κ1) is 15.4. The van der Waals surface area contributed by atoms with Gasteiger partial charge in [-0.1, -0.05) is 12.1 Å². The lowest BCUT2D eigenvalue weighted by molar-refractivity contribution is 0.0926. The Morgan fingerprint density at radius 3 is 2.85 bits per heavy atom. The number of ether oxygens (including phenoxy) is 1. The Kier molecular flexibility index (Phi) is 5.12. The number of hydrogen-bond donors (Lipinski definition) is 0. The van der Waals surface area contributed by atoms with E-state index in [2.05, 4.69) is 0 Å². The molecular formula is C14H20FNO3S. The Morgan fingerprint density at radius 1 is 1.45 bits per heavy atom. The normalized spacial score (nSPS) is 19.6. The fraction of sp³-hybridized carbons (Fsp3) is 0.571. The highest BCUT2D eigenvalue weighted by Gasteiger charge is 2.26. The van der Waals surface area contributed by atoms with E-state index in [9.17, 15) is 12.8 Å². The minimum atomic E-state index is -3.33. The summed E-state index contributed by atoms with van der Waals surface area (Å²) in [5.41, 5.74) is 0.653. The molecule has 1 aliphatic heterocycles. The molecule has 6 heteroatoms. The van der Waals surface area contributed by atoms with Crippen LogP contribution in [-0.2, 0) is 21.3 Å². The molecular weight excluding hydrogens is 281 g/mol. The SMILES string of the molecule is CCS(=O)(=O)N(Cc1cccc(F)c1)C[C@@H]1CCCO1. The summed E-state index contributed by atoms with van der Waals surface area (Å²) in [5, 5.41) is 0. The first-order valence-electron chi connectivity index (χ1n) is 6.85. The standard InChI is InChI=1S/C14H20FNO3S/c1-2-20(17,18)16(11-14-7-4-8-19-14)10-12-5-3-6-13(15)9-12/h3,5-6,9,14H,2,4,7-8,10-11H2,1H3/t14-/m0/s1. The van der Waals surface area contributed by atoms with Crippen molar-refractivity contribution < 1.29 is 17.5 Å². The Hall–Kier alpha value is -0.980. The van der Waals surface area contributed by atoms with Crippen molar-refractivity contribution in [3.8, 4) is 0 Å². The van der Waals surface area contributed by atoms with Gasteiger partial charge < -0.3 is 4.74 Å². The van der Waals surface area contributed by atoms with Crippen LogP contribution in [0.2, 0.25) is 0 Å². The number of sulfonamides is 1. The number of halogens is 1. The minimum Gasteiger partial charge on any atom is -0.377 e. The fourth-order valence-electron chi connectivity index (χ4n) is 2.31. The van der Waals surface area contributed by atoms with Crippen molar-refractivity contribution in [2.75, 3.05) is 18.9 Å². The second kappa shape index (κ2) is 6.65. The summed E-state index contributed by atoms with van der Waals surface area (Å²) in [5.74, 6) is -0.317. The van der Waals surface area contributed by atoms with Crippen LogP contribution in [0.5, 0.6) is 0 Å². The molecule has 2 rings (SSSR count). The molecule has 4 nitrogen and oxygen atoms in total. The van der Waals surface area contributed by atoms with Gasteiger partial charge in [-0.3, -0.25) is 0 Å². The third kappa shape index (κ3) is 4.01. The van der Waals surface area contributed by atoms with E-state index >= 15 is 0 Å². The van der Waals surface area contributed by atoms with Crippen LogP contribution in [0, 0.1) is 5.82 Å². The van der Waals surface area contributed by atoms with Crippen molar-refractivity contribution in [1.29, 1.82) is 0 Å². The zero-order valence-corrected chi connectivity index (χ0v) is 12.4. The predicted molar refractivity (Wildman–Crippen MR) is 75.2 cm³/mol. The average Bonchev–Trinajstić information content (AvgIpc) is 2.91. The molecule has 0 spiro atoms. The molecule has 1 heterocycles. The van der Waals surface area contributed by atoms with Gasteiger partial charge in [-0.2, -0.15) is 4.31 Å². The number of nitrogens with zero attached hydrogens (tertiary/aromatic N) is 1. The maximum Gasteiger partial charge on any atom is 0.214 e. The van der Waals surface area contributed by atoms with Crippen molar-refractivity contribution in [1.82, 2.24) is 4.31 Å². The molecule has 1 atom stereocenters. The lowest BCUT2D eigenvalue weighted by atomic mass is 10.2. The van der Waals surface area contributed by atoms with Crippen LogP contribution in [0.15, 0.2) is 24.3 Å². The van der Waals surface area contributed by atoms with E-state index in [1.165, 1.54) is 16.4 Å². The summed E-state index contributed by atoms with van der Waals surface area (Å²) >= 11 is 0. The Labute approximate surface area is 119 Å². The van der Waals surface area contributed by atoms with E-state index in [1.54, 1.807) is 19.1 Å². The summed E-state index contributed by atoms with van der Waals surface area (Å²) in [6.45, 7) is 2.83. The summed E-state index contributed by atoms with van der Waals surface area (Å²) in [4.78, 5) is 0. The van der Waals surface area contributed by atoms with E-state index in [0.29, 0.717) is 18.7 Å². The third-order valence-electron chi connectivity index (χ3n) is 3.44. The molecule has 1 aliphatic rings. The van der Waals surface area contributed by atoms with E-state index in [0.717, 1.165) is 12.8 Å². The average molecular weight is 301 g/mol. The van der Waals surface area contributed by atoms with Gasteiger partial charge in [0.2, 0.25) is 10.0 Å². The molecule has 20 heavy (non-hydrogen) atoms. The molecule has 1 aromatic rings. The maximum atomic E-state index is 13.2. The lowest BCUT2D eigenvalue weighted by Gasteiger charge is -2.24. The fourth-order valence-corrected chi connectivity index (χ4v) is 3.42. The van der Waals surface area contributed by atoms with Gasteiger partial charge in [0, 0.05) is 19.7 Å².